The van der Waals surface area contributed by atoms with E-state index in [-0.39, 0.29) is 0 Å². The Morgan fingerprint density at radius 3 is 1.72 bits per heavy atom. The van der Waals surface area contributed by atoms with Gasteiger partial charge in [0.05, 0.1) is 16.4 Å². The first-order valence-electron chi connectivity index (χ1n) is 23.4. The minimum absolute atomic E-state index is 0.510. The van der Waals surface area contributed by atoms with Crippen LogP contribution in [0.1, 0.15) is 22.3 Å². The zero-order valence-corrected chi connectivity index (χ0v) is 37.9. The first kappa shape index (κ1) is 38.7. The van der Waals surface area contributed by atoms with Crippen LogP contribution in [0.3, 0.4) is 0 Å². The predicted octanol–water partition coefficient (Wildman–Crippen LogP) is 17.8. The van der Waals surface area contributed by atoms with Crippen LogP contribution in [-0.4, -0.2) is 4.57 Å². The van der Waals surface area contributed by atoms with Crippen molar-refractivity contribution in [3.63, 3.8) is 0 Å². The minimum Gasteiger partial charge on any atom is -0.310 e. The Morgan fingerprint density at radius 2 is 0.941 bits per heavy atom. The standard InChI is InChI=1S/C65H42N2S/c1-4-16-43(17-5-1)44-28-30-49(31-29-44)66(51-32-35-54-53-24-12-14-26-59(53)65(60(54)41-51,47-20-6-2-7-21-47)48-22-8-3-9-23-48)52-33-36-56-58-40-50(34-37-63(58)68-64(56)42-52)67-61-27-15-13-25-55(61)57-38-45-18-10-11-19-46(45)39-62(57)67/h1-42H. The van der Waals surface area contributed by atoms with Crippen LogP contribution in [0.2, 0.25) is 0 Å². The second-order valence-electron chi connectivity index (χ2n) is 18.0. The van der Waals surface area contributed by atoms with E-state index in [0.717, 1.165) is 17.1 Å². The number of hydrogen-bond donors (Lipinski definition) is 0. The molecule has 0 spiro atoms. The van der Waals surface area contributed by atoms with Crippen molar-refractivity contribution in [2.24, 2.45) is 0 Å². The van der Waals surface area contributed by atoms with Gasteiger partial charge in [-0.3, -0.25) is 0 Å². The van der Waals surface area contributed by atoms with Gasteiger partial charge in [-0.2, -0.15) is 0 Å². The second-order valence-corrected chi connectivity index (χ2v) is 19.1. The summed E-state index contributed by atoms with van der Waals surface area (Å²) in [5.41, 5.74) is 16.5. The number of para-hydroxylation sites is 1. The zero-order valence-electron chi connectivity index (χ0n) is 37.1. The van der Waals surface area contributed by atoms with E-state index < -0.39 is 5.41 Å². The molecule has 0 fully saturated rings. The third-order valence-corrected chi connectivity index (χ3v) is 15.6. The summed E-state index contributed by atoms with van der Waals surface area (Å²) in [7, 11) is 0. The molecule has 0 N–H and O–H groups in total. The molecule has 1 aliphatic rings. The average Bonchev–Trinajstić information content (AvgIpc) is 4.04. The number of fused-ring (bicyclic) bond motifs is 10. The molecule has 0 saturated heterocycles. The fraction of sp³-hybridized carbons (Fsp3) is 0.0154. The molecular formula is C65H42N2S. The molecule has 318 valence electrons. The molecule has 2 heterocycles. The van der Waals surface area contributed by atoms with Crippen LogP contribution >= 0.6 is 11.3 Å². The minimum atomic E-state index is -0.510. The number of anilines is 3. The Bertz CT molecular complexity index is 4030. The molecule has 0 bridgehead atoms. The van der Waals surface area contributed by atoms with Gasteiger partial charge in [0.2, 0.25) is 0 Å². The summed E-state index contributed by atoms with van der Waals surface area (Å²) in [5.74, 6) is 0. The summed E-state index contributed by atoms with van der Waals surface area (Å²) >= 11 is 1.87. The summed E-state index contributed by atoms with van der Waals surface area (Å²) < 4.78 is 4.98. The number of benzene rings is 11. The van der Waals surface area contributed by atoms with Gasteiger partial charge in [0.25, 0.3) is 0 Å². The number of rotatable bonds is 7. The Balaban J connectivity index is 0.956. The van der Waals surface area contributed by atoms with Crippen molar-refractivity contribution in [2.45, 2.75) is 5.41 Å². The molecule has 3 heteroatoms. The molecule has 11 aromatic carbocycles. The first-order valence-corrected chi connectivity index (χ1v) is 24.2. The first-order chi connectivity index (χ1) is 33.7. The number of nitrogens with zero attached hydrogens (tertiary/aromatic N) is 2. The topological polar surface area (TPSA) is 8.17 Å². The predicted molar refractivity (Wildman–Crippen MR) is 289 cm³/mol. The van der Waals surface area contributed by atoms with Crippen LogP contribution in [0.15, 0.2) is 255 Å². The summed E-state index contributed by atoms with van der Waals surface area (Å²) in [5, 5.41) is 7.58. The van der Waals surface area contributed by atoms with Crippen LogP contribution in [0.25, 0.3) is 80.7 Å². The van der Waals surface area contributed by atoms with Gasteiger partial charge in [0, 0.05) is 53.7 Å². The van der Waals surface area contributed by atoms with Gasteiger partial charge in [-0.05, 0) is 128 Å². The highest BCUT2D eigenvalue weighted by Gasteiger charge is 2.46. The van der Waals surface area contributed by atoms with Gasteiger partial charge >= 0.3 is 0 Å². The molecule has 14 rings (SSSR count). The van der Waals surface area contributed by atoms with Crippen LogP contribution in [0.4, 0.5) is 17.1 Å². The fourth-order valence-corrected chi connectivity index (χ4v) is 12.5. The van der Waals surface area contributed by atoms with Crippen molar-refractivity contribution >= 4 is 81.1 Å². The van der Waals surface area contributed by atoms with Gasteiger partial charge in [-0.25, -0.2) is 0 Å². The van der Waals surface area contributed by atoms with E-state index in [1.54, 1.807) is 0 Å². The Kier molecular flexibility index (Phi) is 8.71. The fourth-order valence-electron chi connectivity index (χ4n) is 11.4. The second kappa shape index (κ2) is 15.3. The maximum Gasteiger partial charge on any atom is 0.0714 e. The number of hydrogen-bond acceptors (Lipinski definition) is 2. The van der Waals surface area contributed by atoms with Crippen LogP contribution in [0.5, 0.6) is 0 Å². The number of aromatic nitrogens is 1. The maximum absolute atomic E-state index is 2.47. The zero-order chi connectivity index (χ0) is 44.8. The van der Waals surface area contributed by atoms with Gasteiger partial charge in [0.15, 0.2) is 0 Å². The molecule has 0 saturated carbocycles. The SMILES string of the molecule is c1ccc(-c2ccc(N(c3ccc4c(c3)C(c3ccccc3)(c3ccccc3)c3ccccc3-4)c3ccc4c(c3)sc3ccc(-n5c6ccccc6c6cc7ccccc7cc65)cc34)cc2)cc1. The van der Waals surface area contributed by atoms with Crippen LogP contribution in [-0.2, 0) is 5.41 Å². The Labute approximate surface area is 398 Å². The van der Waals surface area contributed by atoms with Gasteiger partial charge < -0.3 is 9.47 Å². The third kappa shape index (κ3) is 5.83. The van der Waals surface area contributed by atoms with Crippen molar-refractivity contribution in [1.82, 2.24) is 4.57 Å². The highest BCUT2D eigenvalue weighted by Crippen LogP contribution is 2.57. The normalized spacial score (nSPS) is 12.8. The summed E-state index contributed by atoms with van der Waals surface area (Å²) in [4.78, 5) is 2.45. The smallest absolute Gasteiger partial charge is 0.0714 e. The van der Waals surface area contributed by atoms with Crippen molar-refractivity contribution in [3.05, 3.63) is 277 Å². The van der Waals surface area contributed by atoms with Gasteiger partial charge in [-0.1, -0.05) is 182 Å². The summed E-state index contributed by atoms with van der Waals surface area (Å²) in [6.45, 7) is 0. The molecule has 0 amide bonds. The van der Waals surface area contributed by atoms with E-state index in [0.29, 0.717) is 0 Å². The molecule has 0 aliphatic heterocycles. The monoisotopic (exact) mass is 882 g/mol. The van der Waals surface area contributed by atoms with E-state index in [9.17, 15) is 0 Å². The van der Waals surface area contributed by atoms with Crippen LogP contribution in [0, 0.1) is 0 Å². The summed E-state index contributed by atoms with van der Waals surface area (Å²) in [6, 6.07) is 94.4. The number of thiophene rings is 1. The van der Waals surface area contributed by atoms with Crippen molar-refractivity contribution in [3.8, 4) is 27.9 Å². The average molecular weight is 883 g/mol. The molecule has 13 aromatic rings. The largest absolute Gasteiger partial charge is 0.310 e. The quantitative estimate of drug-likeness (QED) is 0.155. The molecule has 2 nitrogen and oxygen atoms in total. The lowest BCUT2D eigenvalue weighted by atomic mass is 9.67. The van der Waals surface area contributed by atoms with Crippen LogP contribution < -0.4 is 4.90 Å². The van der Waals surface area contributed by atoms with Crippen molar-refractivity contribution in [1.29, 1.82) is 0 Å². The molecule has 68 heavy (non-hydrogen) atoms. The van der Waals surface area contributed by atoms with Crippen molar-refractivity contribution in [2.75, 3.05) is 4.90 Å². The molecule has 2 aromatic heterocycles. The lowest BCUT2D eigenvalue weighted by Crippen LogP contribution is -2.28. The van der Waals surface area contributed by atoms with Gasteiger partial charge in [-0.15, -0.1) is 11.3 Å². The van der Waals surface area contributed by atoms with Crippen molar-refractivity contribution < 1.29 is 0 Å². The van der Waals surface area contributed by atoms with E-state index in [1.165, 1.54) is 103 Å². The highest BCUT2D eigenvalue weighted by molar-refractivity contribution is 7.25. The Hall–Kier alpha value is -8.50. The third-order valence-electron chi connectivity index (χ3n) is 14.4. The molecule has 0 radical (unpaired) electrons. The lowest BCUT2D eigenvalue weighted by Gasteiger charge is -2.35. The molecular weight excluding hydrogens is 841 g/mol. The molecule has 1 aliphatic carbocycles. The molecule has 0 atom stereocenters. The Morgan fingerprint density at radius 1 is 0.338 bits per heavy atom. The van der Waals surface area contributed by atoms with Gasteiger partial charge in [0.1, 0.15) is 0 Å². The lowest BCUT2D eigenvalue weighted by molar-refractivity contribution is 0.768. The van der Waals surface area contributed by atoms with E-state index >= 15 is 0 Å². The van der Waals surface area contributed by atoms with E-state index in [2.05, 4.69) is 264 Å². The summed E-state index contributed by atoms with van der Waals surface area (Å²) in [6.07, 6.45) is 0. The van der Waals surface area contributed by atoms with E-state index in [4.69, 9.17) is 0 Å². The maximum atomic E-state index is 2.47. The highest BCUT2D eigenvalue weighted by atomic mass is 32.1. The molecule has 0 unspecified atom stereocenters. The van der Waals surface area contributed by atoms with E-state index in [1.807, 2.05) is 11.3 Å².